The molecule has 0 aromatic heterocycles. The molecule has 1 heterocycles. The topological polar surface area (TPSA) is 124 Å². The van der Waals surface area contributed by atoms with E-state index in [1.165, 1.54) is 31.1 Å². The van der Waals surface area contributed by atoms with Gasteiger partial charge in [-0.3, -0.25) is 14.6 Å². The van der Waals surface area contributed by atoms with Crippen molar-refractivity contribution in [1.29, 1.82) is 0 Å². The van der Waals surface area contributed by atoms with Gasteiger partial charge in [-0.1, -0.05) is 17.7 Å². The number of amidine groups is 1. The van der Waals surface area contributed by atoms with Crippen LogP contribution in [0.25, 0.3) is 0 Å². The van der Waals surface area contributed by atoms with Gasteiger partial charge in [-0.15, -0.1) is 0 Å². The first-order valence-electron chi connectivity index (χ1n) is 11.8. The van der Waals surface area contributed by atoms with Gasteiger partial charge < -0.3 is 20.4 Å². The molecule has 2 N–H and O–H groups in total. The molecule has 0 spiro atoms. The minimum Gasteiger partial charge on any atom is -0.496 e. The van der Waals surface area contributed by atoms with E-state index in [2.05, 4.69) is 15.7 Å². The standard InChI is InChI=1S/C25H33ClN6O5S/c1-30(2)29-23-15-32(16-24(33)28-20-7-6-8-21(13-20)38(35,36)31(3)4)25(34)18(14-27-23)11-17-12-19(26)9-10-22(17)37-5/h6-10,12-13,18H,11,14-16H2,1-5H3,(H,27,29)(H,28,33)/t18-/m1/s1. The molecule has 0 fully saturated rings. The fourth-order valence-electron chi connectivity index (χ4n) is 3.97. The van der Waals surface area contributed by atoms with Crippen molar-refractivity contribution in [1.82, 2.24) is 19.6 Å². The number of carbonyl (C=O) groups is 2. The third-order valence-electron chi connectivity index (χ3n) is 5.80. The highest BCUT2D eigenvalue weighted by Crippen LogP contribution is 2.27. The SMILES string of the molecule is COc1ccc(Cl)cc1C[C@@H]1CN=C(NN(C)C)CN(CC(=O)Nc2cccc(S(=O)(=O)N(C)C)c2)C1=O. The molecule has 11 nitrogen and oxygen atoms in total. The second-order valence-electron chi connectivity index (χ2n) is 9.21. The van der Waals surface area contributed by atoms with E-state index in [4.69, 9.17) is 16.3 Å². The Balaban J connectivity index is 1.81. The van der Waals surface area contributed by atoms with E-state index in [-0.39, 0.29) is 30.4 Å². The number of hydrazine groups is 1. The predicted molar refractivity (Wildman–Crippen MR) is 147 cm³/mol. The molecular formula is C25H33ClN6O5S. The van der Waals surface area contributed by atoms with Crippen LogP contribution in [0.15, 0.2) is 52.4 Å². The summed E-state index contributed by atoms with van der Waals surface area (Å²) in [5.74, 6) is -0.117. The molecule has 2 amide bonds. The summed E-state index contributed by atoms with van der Waals surface area (Å²) in [6, 6.07) is 11.2. The molecule has 0 radical (unpaired) electrons. The number of methoxy groups -OCH3 is 1. The van der Waals surface area contributed by atoms with Crippen molar-refractivity contribution >= 4 is 45.0 Å². The van der Waals surface area contributed by atoms with Crippen LogP contribution >= 0.6 is 11.6 Å². The van der Waals surface area contributed by atoms with Crippen LogP contribution in [0.3, 0.4) is 0 Å². The molecule has 38 heavy (non-hydrogen) atoms. The molecule has 206 valence electrons. The van der Waals surface area contributed by atoms with Gasteiger partial charge in [0.15, 0.2) is 0 Å². The fourth-order valence-corrected chi connectivity index (χ4v) is 5.11. The lowest BCUT2D eigenvalue weighted by Gasteiger charge is -2.25. The summed E-state index contributed by atoms with van der Waals surface area (Å²) in [4.78, 5) is 32.7. The number of halogens is 1. The van der Waals surface area contributed by atoms with Crippen LogP contribution in [0.4, 0.5) is 5.69 Å². The fraction of sp³-hybridized carbons (Fsp3) is 0.400. The van der Waals surface area contributed by atoms with Gasteiger partial charge in [0.05, 0.1) is 31.0 Å². The molecule has 0 saturated carbocycles. The quantitative estimate of drug-likeness (QED) is 0.444. The largest absolute Gasteiger partial charge is 0.496 e. The zero-order valence-electron chi connectivity index (χ0n) is 22.1. The summed E-state index contributed by atoms with van der Waals surface area (Å²) in [6.45, 7) is 0.0662. The number of benzene rings is 2. The second-order valence-corrected chi connectivity index (χ2v) is 11.8. The Labute approximate surface area is 228 Å². The average Bonchev–Trinajstić information content (AvgIpc) is 2.98. The van der Waals surface area contributed by atoms with Crippen LogP contribution in [0, 0.1) is 5.92 Å². The molecule has 0 bridgehead atoms. The summed E-state index contributed by atoms with van der Waals surface area (Å²) >= 11 is 6.18. The number of hydrogen-bond acceptors (Lipinski definition) is 8. The average molecular weight is 565 g/mol. The molecule has 1 atom stereocenters. The normalized spacial score (nSPS) is 16.3. The maximum Gasteiger partial charge on any atom is 0.244 e. The highest BCUT2D eigenvalue weighted by molar-refractivity contribution is 7.89. The lowest BCUT2D eigenvalue weighted by atomic mass is 9.97. The first-order valence-corrected chi connectivity index (χ1v) is 13.6. The second kappa shape index (κ2) is 12.6. The number of nitrogens with zero attached hydrogens (tertiary/aromatic N) is 4. The van der Waals surface area contributed by atoms with Gasteiger partial charge in [-0.25, -0.2) is 17.7 Å². The molecule has 0 saturated heterocycles. The smallest absolute Gasteiger partial charge is 0.244 e. The van der Waals surface area contributed by atoms with E-state index >= 15 is 0 Å². The summed E-state index contributed by atoms with van der Waals surface area (Å²) in [5.41, 5.74) is 4.16. The van der Waals surface area contributed by atoms with Crippen molar-refractivity contribution in [2.45, 2.75) is 11.3 Å². The first kappa shape index (κ1) is 29.4. The van der Waals surface area contributed by atoms with E-state index in [0.717, 1.165) is 9.87 Å². The molecule has 3 rings (SSSR count). The third-order valence-corrected chi connectivity index (χ3v) is 7.84. The molecular weight excluding hydrogens is 532 g/mol. The summed E-state index contributed by atoms with van der Waals surface area (Å²) in [5, 5.41) is 4.93. The molecule has 1 aliphatic heterocycles. The zero-order chi connectivity index (χ0) is 28.0. The Kier molecular flexibility index (Phi) is 9.71. The van der Waals surface area contributed by atoms with Crippen molar-refractivity contribution in [3.8, 4) is 5.75 Å². The van der Waals surface area contributed by atoms with Gasteiger partial charge in [0.1, 0.15) is 18.1 Å². The van der Waals surface area contributed by atoms with Gasteiger partial charge in [0.2, 0.25) is 21.8 Å². The lowest BCUT2D eigenvalue weighted by molar-refractivity contribution is -0.137. The summed E-state index contributed by atoms with van der Waals surface area (Å²) in [7, 11) is 4.35. The maximum atomic E-state index is 13.6. The number of sulfonamides is 1. The van der Waals surface area contributed by atoms with Gasteiger partial charge >= 0.3 is 0 Å². The van der Waals surface area contributed by atoms with Crippen molar-refractivity contribution in [2.24, 2.45) is 10.9 Å². The Morgan fingerprint density at radius 1 is 1.18 bits per heavy atom. The highest BCUT2D eigenvalue weighted by atomic mass is 35.5. The van der Waals surface area contributed by atoms with Crippen LogP contribution in [0.5, 0.6) is 5.75 Å². The van der Waals surface area contributed by atoms with Crippen LogP contribution in [0.1, 0.15) is 5.56 Å². The molecule has 0 unspecified atom stereocenters. The Bertz CT molecular complexity index is 1320. The Morgan fingerprint density at radius 3 is 2.58 bits per heavy atom. The third kappa shape index (κ3) is 7.44. The molecule has 2 aromatic carbocycles. The van der Waals surface area contributed by atoms with Crippen molar-refractivity contribution in [2.75, 3.05) is 60.3 Å². The molecule has 1 aliphatic rings. The van der Waals surface area contributed by atoms with E-state index in [9.17, 15) is 18.0 Å². The predicted octanol–water partition coefficient (Wildman–Crippen LogP) is 1.70. The van der Waals surface area contributed by atoms with Gasteiger partial charge in [0.25, 0.3) is 0 Å². The van der Waals surface area contributed by atoms with Crippen molar-refractivity contribution < 1.29 is 22.7 Å². The number of nitrogens with one attached hydrogen (secondary N) is 2. The molecule has 2 aromatic rings. The number of hydrogen-bond donors (Lipinski definition) is 2. The number of amides is 2. The number of anilines is 1. The number of ether oxygens (including phenoxy) is 1. The van der Waals surface area contributed by atoms with Crippen molar-refractivity contribution in [3.05, 3.63) is 53.1 Å². The number of carbonyl (C=O) groups excluding carboxylic acids is 2. The monoisotopic (exact) mass is 564 g/mol. The van der Waals surface area contributed by atoms with Crippen molar-refractivity contribution in [3.63, 3.8) is 0 Å². The molecule has 0 aliphatic carbocycles. The number of aliphatic imine (C=N–C) groups is 1. The first-order chi connectivity index (χ1) is 17.9. The summed E-state index contributed by atoms with van der Waals surface area (Å²) < 4.78 is 31.5. The summed E-state index contributed by atoms with van der Waals surface area (Å²) in [6.07, 6.45) is 0.323. The van der Waals surface area contributed by atoms with E-state index < -0.39 is 21.8 Å². The minimum absolute atomic E-state index is 0.0475. The molecule has 13 heteroatoms. The van der Waals surface area contributed by atoms with E-state index in [1.807, 2.05) is 0 Å². The lowest BCUT2D eigenvalue weighted by Crippen LogP contribution is -2.47. The van der Waals surface area contributed by atoms with Crippen LogP contribution in [-0.4, -0.2) is 95.2 Å². The van der Waals surface area contributed by atoms with Crippen LogP contribution in [-0.2, 0) is 26.0 Å². The van der Waals surface area contributed by atoms with Crippen LogP contribution in [0.2, 0.25) is 5.02 Å². The van der Waals surface area contributed by atoms with E-state index in [1.54, 1.807) is 56.5 Å². The Morgan fingerprint density at radius 2 is 1.92 bits per heavy atom. The van der Waals surface area contributed by atoms with Gasteiger partial charge in [0, 0.05) is 38.9 Å². The van der Waals surface area contributed by atoms with E-state index in [0.29, 0.717) is 28.7 Å². The van der Waals surface area contributed by atoms with Gasteiger partial charge in [-0.2, -0.15) is 0 Å². The number of rotatable bonds is 9. The Hall–Kier alpha value is -3.19. The van der Waals surface area contributed by atoms with Crippen LogP contribution < -0.4 is 15.5 Å². The maximum absolute atomic E-state index is 13.6. The minimum atomic E-state index is -3.67. The zero-order valence-corrected chi connectivity index (χ0v) is 23.6. The van der Waals surface area contributed by atoms with Gasteiger partial charge in [-0.05, 0) is 48.4 Å². The highest BCUT2D eigenvalue weighted by Gasteiger charge is 2.31.